The zero-order chi connectivity index (χ0) is 13.7. The van der Waals surface area contributed by atoms with E-state index in [1.165, 1.54) is 12.1 Å². The number of rotatable bonds is 5. The van der Waals surface area contributed by atoms with Gasteiger partial charge < -0.3 is 10.4 Å². The molecule has 0 aromatic heterocycles. The fourth-order valence-electron chi connectivity index (χ4n) is 1.63. The first kappa shape index (κ1) is 14.9. The molecule has 0 aliphatic heterocycles. The Bertz CT molecular complexity index is 423. The van der Waals surface area contributed by atoms with E-state index in [2.05, 4.69) is 5.32 Å². The van der Waals surface area contributed by atoms with Crippen LogP contribution in [0.4, 0.5) is 4.39 Å². The Morgan fingerprint density at radius 3 is 2.72 bits per heavy atom. The van der Waals surface area contributed by atoms with Crippen LogP contribution in [0.25, 0.3) is 0 Å². The molecular formula is C13H17ClFNO2. The smallest absolute Gasteiger partial charge is 0.254 e. The summed E-state index contributed by atoms with van der Waals surface area (Å²) in [5.74, 6) is -0.964. The Morgan fingerprint density at radius 2 is 2.17 bits per heavy atom. The van der Waals surface area contributed by atoms with Gasteiger partial charge >= 0.3 is 0 Å². The van der Waals surface area contributed by atoms with Crippen molar-refractivity contribution in [1.82, 2.24) is 5.32 Å². The lowest BCUT2D eigenvalue weighted by atomic mass is 10.0. The molecule has 0 spiro atoms. The lowest BCUT2D eigenvalue weighted by Gasteiger charge is -2.21. The minimum atomic E-state index is -0.608. The van der Waals surface area contributed by atoms with E-state index >= 15 is 0 Å². The second kappa shape index (κ2) is 6.71. The van der Waals surface area contributed by atoms with Gasteiger partial charge in [-0.1, -0.05) is 25.4 Å². The molecule has 2 N–H and O–H groups in total. The average Bonchev–Trinajstić information content (AvgIpc) is 2.31. The molecule has 1 aromatic rings. The topological polar surface area (TPSA) is 49.3 Å². The number of amides is 1. The Balaban J connectivity index is 2.83. The fourth-order valence-corrected chi connectivity index (χ4v) is 1.80. The average molecular weight is 274 g/mol. The molecule has 0 radical (unpaired) electrons. The van der Waals surface area contributed by atoms with E-state index in [-0.39, 0.29) is 24.1 Å². The van der Waals surface area contributed by atoms with Crippen LogP contribution in [0.5, 0.6) is 0 Å². The van der Waals surface area contributed by atoms with E-state index in [9.17, 15) is 9.18 Å². The van der Waals surface area contributed by atoms with E-state index in [1.807, 2.05) is 13.8 Å². The van der Waals surface area contributed by atoms with Crippen molar-refractivity contribution < 1.29 is 14.3 Å². The van der Waals surface area contributed by atoms with Crippen molar-refractivity contribution in [3.63, 3.8) is 0 Å². The highest BCUT2D eigenvalue weighted by atomic mass is 35.5. The summed E-state index contributed by atoms with van der Waals surface area (Å²) >= 11 is 5.73. The molecule has 0 bridgehead atoms. The van der Waals surface area contributed by atoms with Crippen molar-refractivity contribution in [2.45, 2.75) is 26.3 Å². The number of carbonyl (C=O) groups is 1. The normalized spacial score (nSPS) is 12.6. The first-order valence-corrected chi connectivity index (χ1v) is 6.20. The third-order valence-corrected chi connectivity index (χ3v) is 2.97. The van der Waals surface area contributed by atoms with E-state index < -0.39 is 11.7 Å². The maximum absolute atomic E-state index is 13.5. The second-order valence-electron chi connectivity index (χ2n) is 4.46. The van der Waals surface area contributed by atoms with Crippen LogP contribution in [0.2, 0.25) is 5.02 Å². The fraction of sp³-hybridized carbons (Fsp3) is 0.462. The Morgan fingerprint density at radius 1 is 1.50 bits per heavy atom. The Kier molecular flexibility index (Phi) is 5.56. The van der Waals surface area contributed by atoms with Gasteiger partial charge in [0.2, 0.25) is 0 Å². The lowest BCUT2D eigenvalue weighted by Crippen LogP contribution is -2.39. The quantitative estimate of drug-likeness (QED) is 0.866. The molecule has 1 atom stereocenters. The molecule has 1 rings (SSSR count). The van der Waals surface area contributed by atoms with Crippen molar-refractivity contribution in [2.24, 2.45) is 5.92 Å². The van der Waals surface area contributed by atoms with Crippen LogP contribution in [0, 0.1) is 11.7 Å². The van der Waals surface area contributed by atoms with Gasteiger partial charge in [0.15, 0.2) is 0 Å². The molecule has 0 saturated carbocycles. The molecule has 1 aromatic carbocycles. The van der Waals surface area contributed by atoms with Gasteiger partial charge in [-0.25, -0.2) is 4.39 Å². The number of benzene rings is 1. The van der Waals surface area contributed by atoms with Gasteiger partial charge in [-0.2, -0.15) is 0 Å². The van der Waals surface area contributed by atoms with Gasteiger partial charge in [-0.05, 0) is 30.5 Å². The third-order valence-electron chi connectivity index (χ3n) is 2.73. The maximum atomic E-state index is 13.5. The number of nitrogens with one attached hydrogen (secondary N) is 1. The zero-order valence-electron chi connectivity index (χ0n) is 10.4. The van der Waals surface area contributed by atoms with Crippen molar-refractivity contribution in [3.05, 3.63) is 34.6 Å². The second-order valence-corrected chi connectivity index (χ2v) is 4.90. The molecule has 100 valence electrons. The van der Waals surface area contributed by atoms with Crippen LogP contribution in [0.3, 0.4) is 0 Å². The van der Waals surface area contributed by atoms with Gasteiger partial charge in [-0.15, -0.1) is 0 Å². The summed E-state index contributed by atoms with van der Waals surface area (Å²) in [5, 5.41) is 11.9. The largest absolute Gasteiger partial charge is 0.396 e. The molecule has 18 heavy (non-hydrogen) atoms. The zero-order valence-corrected chi connectivity index (χ0v) is 11.2. The summed E-state index contributed by atoms with van der Waals surface area (Å²) < 4.78 is 13.5. The summed E-state index contributed by atoms with van der Waals surface area (Å²) in [7, 11) is 0. The Hall–Kier alpha value is -1.13. The van der Waals surface area contributed by atoms with E-state index in [0.29, 0.717) is 11.4 Å². The van der Waals surface area contributed by atoms with Crippen molar-refractivity contribution in [2.75, 3.05) is 6.61 Å². The number of carbonyl (C=O) groups excluding carboxylic acids is 1. The first-order valence-electron chi connectivity index (χ1n) is 5.82. The van der Waals surface area contributed by atoms with E-state index in [1.54, 1.807) is 0 Å². The highest BCUT2D eigenvalue weighted by Gasteiger charge is 2.19. The van der Waals surface area contributed by atoms with Gasteiger partial charge in [0, 0.05) is 17.7 Å². The monoisotopic (exact) mass is 273 g/mol. The molecular weight excluding hydrogens is 257 g/mol. The lowest BCUT2D eigenvalue weighted by molar-refractivity contribution is 0.0912. The number of aliphatic hydroxyl groups is 1. The van der Waals surface area contributed by atoms with Gasteiger partial charge in [0.05, 0.1) is 5.56 Å². The Labute approximate surface area is 111 Å². The summed E-state index contributed by atoms with van der Waals surface area (Å²) in [6.45, 7) is 3.82. The molecule has 0 aliphatic carbocycles. The molecule has 3 nitrogen and oxygen atoms in total. The minimum Gasteiger partial charge on any atom is -0.396 e. The van der Waals surface area contributed by atoms with Gasteiger partial charge in [0.1, 0.15) is 5.82 Å². The SMILES string of the molecule is CC(C)C(CCO)NC(=O)c1cc(Cl)ccc1F. The number of aliphatic hydroxyl groups excluding tert-OH is 1. The highest BCUT2D eigenvalue weighted by molar-refractivity contribution is 6.31. The molecule has 1 amide bonds. The van der Waals surface area contributed by atoms with Crippen molar-refractivity contribution in [3.8, 4) is 0 Å². The standard InChI is InChI=1S/C13H17ClFNO2/c1-8(2)12(5-6-17)16-13(18)10-7-9(14)3-4-11(10)15/h3-4,7-8,12,17H,5-6H2,1-2H3,(H,16,18). The summed E-state index contributed by atoms with van der Waals surface area (Å²) in [6.07, 6.45) is 0.436. The summed E-state index contributed by atoms with van der Waals surface area (Å²) in [5.41, 5.74) is -0.0777. The summed E-state index contributed by atoms with van der Waals surface area (Å²) in [4.78, 5) is 11.9. The number of hydrogen-bond acceptors (Lipinski definition) is 2. The third kappa shape index (κ3) is 3.96. The van der Waals surface area contributed by atoms with Crippen LogP contribution in [-0.4, -0.2) is 23.7 Å². The number of halogens is 2. The molecule has 0 heterocycles. The molecule has 0 saturated heterocycles. The van der Waals surface area contributed by atoms with Crippen LogP contribution < -0.4 is 5.32 Å². The predicted molar refractivity (Wildman–Crippen MR) is 69.2 cm³/mol. The summed E-state index contributed by atoms with van der Waals surface area (Å²) in [6, 6.07) is 3.65. The minimum absolute atomic E-state index is 0.0266. The van der Waals surface area contributed by atoms with E-state index in [0.717, 1.165) is 6.07 Å². The van der Waals surface area contributed by atoms with Crippen LogP contribution in [0.15, 0.2) is 18.2 Å². The van der Waals surface area contributed by atoms with Gasteiger partial charge in [-0.3, -0.25) is 4.79 Å². The predicted octanol–water partition coefficient (Wildman–Crippen LogP) is 2.62. The van der Waals surface area contributed by atoms with E-state index in [4.69, 9.17) is 16.7 Å². The first-order chi connectivity index (χ1) is 8.45. The molecule has 1 unspecified atom stereocenters. The van der Waals surface area contributed by atoms with Crippen LogP contribution >= 0.6 is 11.6 Å². The number of hydrogen-bond donors (Lipinski definition) is 2. The van der Waals surface area contributed by atoms with Crippen molar-refractivity contribution >= 4 is 17.5 Å². The molecule has 0 fully saturated rings. The highest BCUT2D eigenvalue weighted by Crippen LogP contribution is 2.16. The van der Waals surface area contributed by atoms with Gasteiger partial charge in [0.25, 0.3) is 5.91 Å². The molecule has 5 heteroatoms. The van der Waals surface area contributed by atoms with Crippen LogP contribution in [0.1, 0.15) is 30.6 Å². The van der Waals surface area contributed by atoms with Crippen molar-refractivity contribution in [1.29, 1.82) is 0 Å². The van der Waals surface area contributed by atoms with Crippen LogP contribution in [-0.2, 0) is 0 Å². The molecule has 0 aliphatic rings. The maximum Gasteiger partial charge on any atom is 0.254 e.